The zero-order valence-electron chi connectivity index (χ0n) is 45.9. The van der Waals surface area contributed by atoms with E-state index in [2.05, 4.69) is 43.6 Å². The predicted molar refractivity (Wildman–Crippen MR) is 290 cm³/mol. The van der Waals surface area contributed by atoms with E-state index < -0.39 is 65.0 Å². The number of fused-ring (bicyclic) bond motifs is 3. The van der Waals surface area contributed by atoms with E-state index in [0.29, 0.717) is 35.0 Å². The Balaban J connectivity index is 1.04. The Morgan fingerprint density at radius 2 is 1.66 bits per heavy atom. The van der Waals surface area contributed by atoms with Crippen LogP contribution < -0.4 is 14.2 Å². The highest BCUT2D eigenvalue weighted by molar-refractivity contribution is 9.10. The number of pyridine rings is 1. The number of hydrogen-bond acceptors (Lipinski definition) is 14. The van der Waals surface area contributed by atoms with Crippen molar-refractivity contribution in [3.8, 4) is 17.4 Å². The van der Waals surface area contributed by atoms with Crippen LogP contribution in [0.1, 0.15) is 144 Å². The number of para-hydroxylation sites is 1. The Morgan fingerprint density at radius 1 is 0.921 bits per heavy atom. The first kappa shape index (κ1) is 57.0. The lowest BCUT2D eigenvalue weighted by Gasteiger charge is -2.35. The number of unbranched alkanes of at least 4 members (excludes halogenated alkanes) is 2. The smallest absolute Gasteiger partial charge is 0.457 e. The van der Waals surface area contributed by atoms with Crippen LogP contribution in [0.5, 0.6) is 17.4 Å². The van der Waals surface area contributed by atoms with Gasteiger partial charge in [-0.25, -0.2) is 19.5 Å². The zero-order chi connectivity index (χ0) is 54.6. The van der Waals surface area contributed by atoms with Gasteiger partial charge >= 0.3 is 25.2 Å². The molecule has 1 aromatic heterocycles. The summed E-state index contributed by atoms with van der Waals surface area (Å²) in [4.78, 5) is 80.9. The van der Waals surface area contributed by atoms with E-state index in [4.69, 9.17) is 42.7 Å². The number of amides is 3. The lowest BCUT2D eigenvalue weighted by Crippen LogP contribution is -2.59. The van der Waals surface area contributed by atoms with Crippen molar-refractivity contribution in [3.63, 3.8) is 0 Å². The average molecular weight is 1110 g/mol. The van der Waals surface area contributed by atoms with Crippen molar-refractivity contribution < 1.29 is 61.7 Å². The number of imide groups is 1. The number of rotatable bonds is 17. The molecule has 0 radical (unpaired) electrons. The van der Waals surface area contributed by atoms with Gasteiger partial charge in [-0.15, -0.1) is 0 Å². The van der Waals surface area contributed by atoms with Gasteiger partial charge in [-0.1, -0.05) is 68.5 Å². The van der Waals surface area contributed by atoms with E-state index >= 15 is 9.59 Å². The summed E-state index contributed by atoms with van der Waals surface area (Å²) in [5.41, 5.74) is -1.99. The molecule has 3 aliphatic heterocycles. The van der Waals surface area contributed by atoms with E-state index in [1.807, 2.05) is 60.7 Å². The number of carbonyl (C=O) groups is 5. The van der Waals surface area contributed by atoms with Crippen molar-refractivity contribution in [3.05, 3.63) is 70.7 Å². The number of allylic oxidation sites excluding steroid dienone is 1. The average Bonchev–Trinajstić information content (AvgIpc) is 4.22. The van der Waals surface area contributed by atoms with Crippen molar-refractivity contribution in [1.82, 2.24) is 14.8 Å². The molecule has 3 amide bonds. The molecule has 4 fully saturated rings. The second-order valence-corrected chi connectivity index (χ2v) is 23.9. The Kier molecular flexibility index (Phi) is 17.9. The van der Waals surface area contributed by atoms with E-state index in [1.54, 1.807) is 34.8 Å². The number of nitrogens with zero attached hydrogens (tertiary/aromatic N) is 3. The molecule has 2 saturated carbocycles. The van der Waals surface area contributed by atoms with Gasteiger partial charge in [0.25, 0.3) is 5.91 Å². The van der Waals surface area contributed by atoms with E-state index in [1.165, 1.54) is 4.90 Å². The Morgan fingerprint density at radius 3 is 2.37 bits per heavy atom. The van der Waals surface area contributed by atoms with Gasteiger partial charge in [0.2, 0.25) is 11.8 Å². The molecule has 4 heterocycles. The van der Waals surface area contributed by atoms with Gasteiger partial charge in [-0.2, -0.15) is 0 Å². The number of halogens is 1. The molecule has 2 aromatic carbocycles. The highest BCUT2D eigenvalue weighted by atomic mass is 79.9. The number of methoxy groups -OCH3 is 1. The van der Waals surface area contributed by atoms with Crippen molar-refractivity contribution in [1.29, 1.82) is 0 Å². The molecule has 3 aromatic rings. The van der Waals surface area contributed by atoms with Gasteiger partial charge in [0.1, 0.15) is 46.4 Å². The molecule has 18 heteroatoms. The van der Waals surface area contributed by atoms with Crippen molar-refractivity contribution >= 4 is 63.8 Å². The van der Waals surface area contributed by atoms with Gasteiger partial charge in [-0.05, 0) is 152 Å². The first-order valence-corrected chi connectivity index (χ1v) is 28.2. The summed E-state index contributed by atoms with van der Waals surface area (Å²) in [6, 6.07) is 13.7. The minimum Gasteiger partial charge on any atom is -0.497 e. The van der Waals surface area contributed by atoms with E-state index in [-0.39, 0.29) is 75.2 Å². The molecule has 412 valence electrons. The lowest BCUT2D eigenvalue weighted by molar-refractivity contribution is -0.160. The third-order valence-corrected chi connectivity index (χ3v) is 16.4. The summed E-state index contributed by atoms with van der Waals surface area (Å²) in [5.74, 6) is -2.23. The molecule has 8 rings (SSSR count). The molecule has 5 aliphatic rings. The lowest BCUT2D eigenvalue weighted by atomic mass is 9.82. The normalized spacial score (nSPS) is 26.6. The van der Waals surface area contributed by atoms with Crippen LogP contribution in [0.4, 0.5) is 4.79 Å². The maximum absolute atomic E-state index is 15.6. The zero-order valence-corrected chi connectivity index (χ0v) is 47.4. The predicted octanol–water partition coefficient (Wildman–Crippen LogP) is 11.1. The van der Waals surface area contributed by atoms with Crippen LogP contribution in [0.3, 0.4) is 0 Å². The van der Waals surface area contributed by atoms with Crippen LogP contribution in [0.2, 0.25) is 6.32 Å². The fourth-order valence-corrected chi connectivity index (χ4v) is 11.2. The molecule has 0 bridgehead atoms. The van der Waals surface area contributed by atoms with Gasteiger partial charge < -0.3 is 42.6 Å². The SMILES string of the molecule is CCOC(=O)[C@@]12C[C@H]1/C=C\CCCCC[C@H](CC(=O)O[C@@H]1C[C@H]1CCCCCB1OC(C)(C)C(C)(C)O1)C(=O)N1C[C@H](Oc3nc4ccccc4c(OCc4ccc(OC)cc4)c3Br)C[C@H]1C(=O)N2C(=O)OC(C)(C)C. The van der Waals surface area contributed by atoms with Gasteiger partial charge in [0.05, 0.1) is 43.4 Å². The third-order valence-electron chi connectivity index (χ3n) is 15.7. The quantitative estimate of drug-likeness (QED) is 0.0410. The highest BCUT2D eigenvalue weighted by Gasteiger charge is 2.69. The molecular weight excluding hydrogens is 1040 g/mol. The number of aromatic nitrogens is 1. The van der Waals surface area contributed by atoms with E-state index in [9.17, 15) is 14.4 Å². The Hall–Kier alpha value is -5.20. The monoisotopic (exact) mass is 1110 g/mol. The van der Waals surface area contributed by atoms with Crippen molar-refractivity contribution in [2.24, 2.45) is 17.8 Å². The Labute approximate surface area is 456 Å². The topological polar surface area (TPSA) is 179 Å². The molecular formula is C58H77BBrN3O13. The number of ether oxygens (including phenoxy) is 6. The molecule has 0 spiro atoms. The first-order chi connectivity index (χ1) is 36.1. The van der Waals surface area contributed by atoms with Crippen LogP contribution in [0.25, 0.3) is 10.9 Å². The maximum atomic E-state index is 15.6. The van der Waals surface area contributed by atoms with Gasteiger partial charge in [0, 0.05) is 23.6 Å². The number of esters is 2. The fraction of sp³-hybridized carbons (Fsp3) is 0.621. The highest BCUT2D eigenvalue weighted by Crippen LogP contribution is 2.52. The van der Waals surface area contributed by atoms with Crippen LogP contribution in [0.15, 0.2) is 65.2 Å². The van der Waals surface area contributed by atoms with Crippen LogP contribution in [-0.2, 0) is 49.3 Å². The van der Waals surface area contributed by atoms with Crippen molar-refractivity contribution in [2.75, 3.05) is 20.3 Å². The van der Waals surface area contributed by atoms with Crippen LogP contribution >= 0.6 is 15.9 Å². The summed E-state index contributed by atoms with van der Waals surface area (Å²) >= 11 is 3.74. The second-order valence-electron chi connectivity index (χ2n) is 23.1. The Bertz CT molecular complexity index is 2610. The molecule has 2 aliphatic carbocycles. The molecule has 0 N–H and O–H groups in total. The van der Waals surface area contributed by atoms with Crippen LogP contribution in [0, 0.1) is 17.8 Å². The van der Waals surface area contributed by atoms with Gasteiger partial charge in [0.15, 0.2) is 5.54 Å². The second kappa shape index (κ2) is 23.8. The number of carbonyl (C=O) groups excluding carboxylic acids is 5. The summed E-state index contributed by atoms with van der Waals surface area (Å²) < 4.78 is 48.9. The largest absolute Gasteiger partial charge is 0.497 e. The summed E-state index contributed by atoms with van der Waals surface area (Å²) in [7, 11) is 1.39. The summed E-state index contributed by atoms with van der Waals surface area (Å²) in [6.07, 6.45) is 10.4. The molecule has 0 unspecified atom stereocenters. The summed E-state index contributed by atoms with van der Waals surface area (Å²) in [6.45, 7) is 15.1. The number of hydrogen-bond donors (Lipinski definition) is 0. The standard InChI is InChI=1S/C58H77BBrN3O13/c1-10-70-53(67)58-34-40(58)23-17-13-11-12-15-22-39(32-47(64)73-46-31-38(46)21-16-14-20-30-59-75-56(5,6)57(7,8)76-59)51(65)62-35-42(33-45(62)52(66)63(58)54(68)74-55(2,3)4)72-50-48(60)49(43-24-18-19-25-44(43)61-50)71-36-37-26-28-41(69-9)29-27-37/h17-19,23-29,38-40,42,45-46H,10-16,20-22,30-36H2,1-9H3/b23-17-/t38-,39-,40-,42-,45+,46-,58-/m1/s1. The first-order valence-electron chi connectivity index (χ1n) is 27.4. The maximum Gasteiger partial charge on any atom is 0.457 e. The fourth-order valence-electron chi connectivity index (χ4n) is 10.7. The number of benzene rings is 2. The molecule has 7 atom stereocenters. The minimum atomic E-state index is -1.71. The molecule has 16 nitrogen and oxygen atoms in total. The van der Waals surface area contributed by atoms with E-state index in [0.717, 1.165) is 72.9 Å². The summed E-state index contributed by atoms with van der Waals surface area (Å²) in [5, 5.41) is 0.728. The molecule has 76 heavy (non-hydrogen) atoms. The van der Waals surface area contributed by atoms with Crippen molar-refractivity contribution in [2.45, 2.75) is 192 Å². The third kappa shape index (κ3) is 13.2. The molecule has 2 saturated heterocycles. The van der Waals surface area contributed by atoms with Gasteiger partial charge in [-0.3, -0.25) is 14.4 Å². The minimum absolute atomic E-state index is 0.0135. The van der Waals surface area contributed by atoms with Crippen LogP contribution in [-0.4, -0.2) is 113 Å².